The summed E-state index contributed by atoms with van der Waals surface area (Å²) in [6, 6.07) is 8.53. The number of nitrogens with zero attached hydrogens (tertiary/aromatic N) is 1. The molecule has 0 radical (unpaired) electrons. The third kappa shape index (κ3) is 5.21. The first-order valence-corrected chi connectivity index (χ1v) is 7.44. The van der Waals surface area contributed by atoms with E-state index in [0.717, 1.165) is 25.3 Å². The van der Waals surface area contributed by atoms with Gasteiger partial charge in [0.1, 0.15) is 12.4 Å². The van der Waals surface area contributed by atoms with Crippen LogP contribution in [0.3, 0.4) is 0 Å². The number of ether oxygens (including phenoxy) is 1. The average Bonchev–Trinajstić information content (AvgIpc) is 2.41. The fourth-order valence-electron chi connectivity index (χ4n) is 2.57. The van der Waals surface area contributed by atoms with Crippen molar-refractivity contribution in [3.8, 4) is 5.75 Å². The monoisotopic (exact) mass is 262 g/mol. The minimum absolute atomic E-state index is 0.214. The first kappa shape index (κ1) is 14.4. The molecule has 1 aliphatic rings. The third-order valence-corrected chi connectivity index (χ3v) is 3.61. The van der Waals surface area contributed by atoms with Gasteiger partial charge in [-0.3, -0.25) is 4.90 Å². The highest BCUT2D eigenvalue weighted by atomic mass is 16.5. The highest BCUT2D eigenvalue weighted by molar-refractivity contribution is 5.27. The van der Waals surface area contributed by atoms with Crippen molar-refractivity contribution in [2.45, 2.75) is 38.6 Å². The van der Waals surface area contributed by atoms with Gasteiger partial charge in [0.25, 0.3) is 0 Å². The van der Waals surface area contributed by atoms with Crippen molar-refractivity contribution in [3.05, 3.63) is 29.8 Å². The fourth-order valence-corrected chi connectivity index (χ4v) is 2.57. The van der Waals surface area contributed by atoms with Gasteiger partial charge in [0, 0.05) is 12.6 Å². The zero-order valence-corrected chi connectivity index (χ0v) is 12.0. The first-order valence-electron chi connectivity index (χ1n) is 7.44. The number of likely N-dealkylation sites (tertiary alicyclic amines) is 1. The summed E-state index contributed by atoms with van der Waals surface area (Å²) in [4.78, 5) is 2.49. The average molecular weight is 262 g/mol. The van der Waals surface area contributed by atoms with Gasteiger partial charge in [-0.05, 0) is 57.0 Å². The van der Waals surface area contributed by atoms with Crippen molar-refractivity contribution in [1.29, 1.82) is 0 Å². The Morgan fingerprint density at radius 2 is 1.84 bits per heavy atom. The number of nitrogens with two attached hydrogens (primary N) is 1. The van der Waals surface area contributed by atoms with Gasteiger partial charge in [-0.1, -0.05) is 18.6 Å². The topological polar surface area (TPSA) is 38.5 Å². The van der Waals surface area contributed by atoms with Crippen LogP contribution in [0.25, 0.3) is 0 Å². The maximum absolute atomic E-state index is 5.80. The van der Waals surface area contributed by atoms with Crippen LogP contribution >= 0.6 is 0 Å². The molecule has 106 valence electrons. The molecule has 19 heavy (non-hydrogen) atoms. The van der Waals surface area contributed by atoms with Gasteiger partial charge in [0.05, 0.1) is 0 Å². The van der Waals surface area contributed by atoms with Crippen molar-refractivity contribution in [1.82, 2.24) is 4.90 Å². The lowest BCUT2D eigenvalue weighted by molar-refractivity contribution is 0.183. The van der Waals surface area contributed by atoms with Crippen LogP contribution in [0, 0.1) is 0 Å². The minimum atomic E-state index is 0.214. The van der Waals surface area contributed by atoms with E-state index < -0.39 is 0 Å². The number of hydrogen-bond donors (Lipinski definition) is 1. The van der Waals surface area contributed by atoms with Gasteiger partial charge in [-0.25, -0.2) is 0 Å². The lowest BCUT2D eigenvalue weighted by Gasteiger charge is -2.26. The second-order valence-electron chi connectivity index (χ2n) is 5.58. The van der Waals surface area contributed by atoms with Crippen LogP contribution in [0.15, 0.2) is 24.3 Å². The minimum Gasteiger partial charge on any atom is -0.492 e. The summed E-state index contributed by atoms with van der Waals surface area (Å²) in [5, 5.41) is 0. The lowest BCUT2D eigenvalue weighted by Crippen LogP contribution is -2.33. The van der Waals surface area contributed by atoms with Crippen molar-refractivity contribution in [2.75, 3.05) is 26.2 Å². The van der Waals surface area contributed by atoms with E-state index in [1.807, 2.05) is 19.1 Å². The summed E-state index contributed by atoms with van der Waals surface area (Å²) in [5.74, 6) is 0.963. The van der Waals surface area contributed by atoms with Gasteiger partial charge in [-0.15, -0.1) is 0 Å². The predicted octanol–water partition coefficient (Wildman–Crippen LogP) is 2.44. The Morgan fingerprint density at radius 3 is 2.47 bits per heavy atom. The van der Waals surface area contributed by atoms with Gasteiger partial charge in [-0.2, -0.15) is 0 Å². The summed E-state index contributed by atoms with van der Waals surface area (Å²) in [6.07, 6.45) is 4.99. The third-order valence-electron chi connectivity index (χ3n) is 3.61. The largest absolute Gasteiger partial charge is 0.492 e. The van der Waals surface area contributed by atoms with Crippen LogP contribution in [0.4, 0.5) is 0 Å². The molecule has 1 aromatic rings. The normalized spacial score (nSPS) is 18.2. The van der Waals surface area contributed by atoms with E-state index in [9.17, 15) is 0 Å². The van der Waals surface area contributed by atoms with Gasteiger partial charge >= 0.3 is 0 Å². The van der Waals surface area contributed by atoms with E-state index in [4.69, 9.17) is 10.5 Å². The maximum atomic E-state index is 5.80. The second kappa shape index (κ2) is 7.51. The van der Waals surface area contributed by atoms with E-state index in [1.54, 1.807) is 0 Å². The highest BCUT2D eigenvalue weighted by Gasteiger charge is 2.09. The van der Waals surface area contributed by atoms with Crippen LogP contribution in [0.5, 0.6) is 5.75 Å². The summed E-state index contributed by atoms with van der Waals surface area (Å²) in [6.45, 7) is 6.32. The van der Waals surface area contributed by atoms with Gasteiger partial charge in [0.2, 0.25) is 0 Å². The van der Waals surface area contributed by atoms with Crippen molar-refractivity contribution in [3.63, 3.8) is 0 Å². The molecule has 0 amide bonds. The van der Waals surface area contributed by atoms with Crippen molar-refractivity contribution >= 4 is 0 Å². The van der Waals surface area contributed by atoms with Crippen LogP contribution in [0.1, 0.15) is 31.7 Å². The molecule has 3 nitrogen and oxygen atoms in total. The molecule has 0 aromatic heterocycles. The quantitative estimate of drug-likeness (QED) is 0.856. The van der Waals surface area contributed by atoms with E-state index in [0.29, 0.717) is 0 Å². The van der Waals surface area contributed by atoms with Gasteiger partial charge in [0.15, 0.2) is 0 Å². The number of benzene rings is 1. The lowest BCUT2D eigenvalue weighted by atomic mass is 10.1. The molecule has 0 saturated carbocycles. The highest BCUT2D eigenvalue weighted by Crippen LogP contribution is 2.14. The Bertz CT molecular complexity index is 356. The number of hydrogen-bond acceptors (Lipinski definition) is 3. The Balaban J connectivity index is 1.70. The molecular weight excluding hydrogens is 236 g/mol. The Labute approximate surface area is 116 Å². The second-order valence-corrected chi connectivity index (χ2v) is 5.58. The SMILES string of the molecule is CC(N)Cc1ccc(OCCN2CCCCC2)cc1. The zero-order valence-electron chi connectivity index (χ0n) is 12.0. The number of rotatable bonds is 6. The van der Waals surface area contributed by atoms with Crippen molar-refractivity contribution < 1.29 is 4.74 Å². The molecule has 2 N–H and O–H groups in total. The first-order chi connectivity index (χ1) is 9.24. The molecule has 2 rings (SSSR count). The van der Waals surface area contributed by atoms with Gasteiger partial charge < -0.3 is 10.5 Å². The molecule has 0 spiro atoms. The molecule has 1 unspecified atom stereocenters. The Kier molecular flexibility index (Phi) is 5.67. The van der Waals surface area contributed by atoms with E-state index >= 15 is 0 Å². The maximum Gasteiger partial charge on any atom is 0.119 e. The predicted molar refractivity (Wildman–Crippen MR) is 79.6 cm³/mol. The molecule has 0 bridgehead atoms. The Hall–Kier alpha value is -1.06. The summed E-state index contributed by atoms with van der Waals surface area (Å²) < 4.78 is 5.80. The van der Waals surface area contributed by atoms with Crippen LogP contribution in [0.2, 0.25) is 0 Å². The zero-order chi connectivity index (χ0) is 13.5. The molecule has 1 aromatic carbocycles. The van der Waals surface area contributed by atoms with Crippen LogP contribution < -0.4 is 10.5 Å². The Morgan fingerprint density at radius 1 is 1.16 bits per heavy atom. The summed E-state index contributed by atoms with van der Waals surface area (Å²) in [5.41, 5.74) is 7.06. The summed E-state index contributed by atoms with van der Waals surface area (Å²) >= 11 is 0. The van der Waals surface area contributed by atoms with Crippen LogP contribution in [-0.2, 0) is 6.42 Å². The molecule has 1 saturated heterocycles. The fraction of sp³-hybridized carbons (Fsp3) is 0.625. The number of piperidine rings is 1. The van der Waals surface area contributed by atoms with Crippen LogP contribution in [-0.4, -0.2) is 37.2 Å². The molecule has 0 aliphatic carbocycles. The molecule has 1 aliphatic heterocycles. The van der Waals surface area contributed by atoms with E-state index in [1.165, 1.54) is 37.9 Å². The smallest absolute Gasteiger partial charge is 0.119 e. The molecular formula is C16H26N2O. The molecule has 3 heteroatoms. The summed E-state index contributed by atoms with van der Waals surface area (Å²) in [7, 11) is 0. The van der Waals surface area contributed by atoms with E-state index in [-0.39, 0.29) is 6.04 Å². The molecule has 1 heterocycles. The van der Waals surface area contributed by atoms with Crippen molar-refractivity contribution in [2.24, 2.45) is 5.73 Å². The van der Waals surface area contributed by atoms with E-state index in [2.05, 4.69) is 17.0 Å². The molecule has 1 atom stereocenters. The molecule has 1 fully saturated rings. The standard InChI is InChI=1S/C16H26N2O/c1-14(17)13-15-5-7-16(8-6-15)19-12-11-18-9-3-2-4-10-18/h5-8,14H,2-4,9-13,17H2,1H3.